The third kappa shape index (κ3) is 3.05. The van der Waals surface area contributed by atoms with Crippen LogP contribution in [0.4, 0.5) is 4.79 Å². The summed E-state index contributed by atoms with van der Waals surface area (Å²) >= 11 is 0. The number of hydrogen-bond acceptors (Lipinski definition) is 7. The molecule has 1 spiro atoms. The summed E-state index contributed by atoms with van der Waals surface area (Å²) in [5.41, 5.74) is -1.00. The van der Waals surface area contributed by atoms with Gasteiger partial charge in [-0.1, -0.05) is 19.1 Å². The summed E-state index contributed by atoms with van der Waals surface area (Å²) in [5, 5.41) is 0. The largest absolute Gasteiger partial charge is 0.467 e. The van der Waals surface area contributed by atoms with Crippen LogP contribution >= 0.6 is 0 Å². The van der Waals surface area contributed by atoms with E-state index in [9.17, 15) is 19.2 Å². The van der Waals surface area contributed by atoms with Crippen molar-refractivity contribution in [2.45, 2.75) is 44.1 Å². The standard InChI is InChI=1S/C25H29N3O7/c1-3-33-24(32)27-10-8-26(9-11-27)22(30)19-18-6-7-25(35-18)20(19)23(31)28-15(17-5-4-12-34-17)13-16(29)14(2)21(25)28/h4-7,12,14-15,18-21H,3,8-11,13H2,1-2H3/t14-,15+,18-,19-,20+,21-,25-/m1/s1. The van der Waals surface area contributed by atoms with Gasteiger partial charge in [-0.3, -0.25) is 14.4 Å². The van der Waals surface area contributed by atoms with Crippen molar-refractivity contribution in [3.05, 3.63) is 36.3 Å². The molecule has 0 aromatic carbocycles. The number of Topliss-reactive ketones (excluding diaryl/α,β-unsaturated/α-hetero) is 1. The number of ketones is 1. The predicted octanol–water partition coefficient (Wildman–Crippen LogP) is 1.38. The van der Waals surface area contributed by atoms with Gasteiger partial charge in [0.05, 0.1) is 42.9 Å². The molecule has 4 saturated heterocycles. The number of piperazine rings is 1. The summed E-state index contributed by atoms with van der Waals surface area (Å²) < 4.78 is 17.1. The molecule has 10 heteroatoms. The molecule has 4 fully saturated rings. The fraction of sp³-hybridized carbons (Fsp3) is 0.600. The molecule has 2 bridgehead atoms. The van der Waals surface area contributed by atoms with Gasteiger partial charge in [0.1, 0.15) is 17.1 Å². The van der Waals surface area contributed by atoms with Crippen molar-refractivity contribution in [3.8, 4) is 0 Å². The Balaban J connectivity index is 1.28. The van der Waals surface area contributed by atoms with Crippen LogP contribution in [0.5, 0.6) is 0 Å². The van der Waals surface area contributed by atoms with E-state index in [1.165, 1.54) is 6.26 Å². The minimum absolute atomic E-state index is 0.0563. The molecule has 0 radical (unpaired) electrons. The van der Waals surface area contributed by atoms with Gasteiger partial charge in [0.15, 0.2) is 0 Å². The van der Waals surface area contributed by atoms with Gasteiger partial charge in [-0.25, -0.2) is 4.79 Å². The van der Waals surface area contributed by atoms with E-state index in [4.69, 9.17) is 13.9 Å². The molecule has 0 aliphatic carbocycles. The Labute approximate surface area is 202 Å². The van der Waals surface area contributed by atoms with E-state index in [0.29, 0.717) is 38.5 Å². The van der Waals surface area contributed by atoms with E-state index in [0.717, 1.165) is 0 Å². The molecular weight excluding hydrogens is 454 g/mol. The summed E-state index contributed by atoms with van der Waals surface area (Å²) in [4.78, 5) is 57.9. The Hall–Kier alpha value is -3.14. The average Bonchev–Trinajstić information content (AvgIpc) is 3.64. The molecule has 186 valence electrons. The fourth-order valence-corrected chi connectivity index (χ4v) is 6.78. The second-order valence-electron chi connectivity index (χ2n) is 9.99. The van der Waals surface area contributed by atoms with Crippen LogP contribution in [0.3, 0.4) is 0 Å². The lowest BCUT2D eigenvalue weighted by atomic mass is 9.70. The molecule has 0 saturated carbocycles. The van der Waals surface area contributed by atoms with Crippen LogP contribution in [0.25, 0.3) is 0 Å². The van der Waals surface area contributed by atoms with E-state index in [2.05, 4.69) is 0 Å². The third-order valence-electron chi connectivity index (χ3n) is 8.35. The normalized spacial score (nSPS) is 37.6. The summed E-state index contributed by atoms with van der Waals surface area (Å²) in [6.45, 7) is 5.40. The number of amides is 3. The number of carbonyl (C=O) groups is 4. The van der Waals surface area contributed by atoms with E-state index in [-0.39, 0.29) is 30.1 Å². The van der Waals surface area contributed by atoms with Crippen molar-refractivity contribution >= 4 is 23.7 Å². The van der Waals surface area contributed by atoms with Gasteiger partial charge < -0.3 is 28.6 Å². The molecule has 7 atom stereocenters. The first-order valence-electron chi connectivity index (χ1n) is 12.3. The van der Waals surface area contributed by atoms with Crippen molar-refractivity contribution in [1.29, 1.82) is 0 Å². The molecule has 3 amide bonds. The Morgan fingerprint density at radius 3 is 2.60 bits per heavy atom. The Kier molecular flexibility index (Phi) is 5.07. The van der Waals surface area contributed by atoms with Crippen LogP contribution < -0.4 is 0 Å². The molecular formula is C25H29N3O7. The first-order chi connectivity index (χ1) is 16.9. The molecule has 1 aromatic rings. The predicted molar refractivity (Wildman–Crippen MR) is 120 cm³/mol. The van der Waals surface area contributed by atoms with Gasteiger partial charge in [-0.2, -0.15) is 0 Å². The van der Waals surface area contributed by atoms with E-state index < -0.39 is 41.5 Å². The van der Waals surface area contributed by atoms with Crippen LogP contribution in [-0.4, -0.2) is 88.9 Å². The first-order valence-corrected chi connectivity index (χ1v) is 12.3. The number of ether oxygens (including phenoxy) is 2. The molecule has 35 heavy (non-hydrogen) atoms. The lowest BCUT2D eigenvalue weighted by molar-refractivity contribution is -0.150. The smallest absolute Gasteiger partial charge is 0.409 e. The minimum Gasteiger partial charge on any atom is -0.467 e. The summed E-state index contributed by atoms with van der Waals surface area (Å²) in [6.07, 6.45) is 4.61. The molecule has 5 aliphatic heterocycles. The maximum absolute atomic E-state index is 14.0. The highest BCUT2D eigenvalue weighted by molar-refractivity contribution is 5.96. The maximum Gasteiger partial charge on any atom is 0.409 e. The van der Waals surface area contributed by atoms with Crippen LogP contribution in [-0.2, 0) is 23.9 Å². The number of furan rings is 1. The number of nitrogens with zero attached hydrogens (tertiary/aromatic N) is 3. The Morgan fingerprint density at radius 1 is 1.17 bits per heavy atom. The van der Waals surface area contributed by atoms with Crippen molar-refractivity contribution in [1.82, 2.24) is 14.7 Å². The third-order valence-corrected chi connectivity index (χ3v) is 8.35. The number of hydrogen-bond donors (Lipinski definition) is 0. The zero-order valence-electron chi connectivity index (χ0n) is 19.8. The topological polar surface area (TPSA) is 110 Å². The summed E-state index contributed by atoms with van der Waals surface area (Å²) in [5.74, 6) is -1.45. The zero-order chi connectivity index (χ0) is 24.5. The zero-order valence-corrected chi connectivity index (χ0v) is 19.8. The second-order valence-corrected chi connectivity index (χ2v) is 9.99. The van der Waals surface area contributed by atoms with E-state index in [1.54, 1.807) is 33.8 Å². The van der Waals surface area contributed by atoms with Gasteiger partial charge in [0, 0.05) is 38.5 Å². The fourth-order valence-electron chi connectivity index (χ4n) is 6.78. The van der Waals surface area contributed by atoms with Crippen molar-refractivity contribution in [3.63, 3.8) is 0 Å². The number of carbonyl (C=O) groups excluding carboxylic acids is 4. The maximum atomic E-state index is 14.0. The van der Waals surface area contributed by atoms with Crippen LogP contribution in [0.15, 0.2) is 35.0 Å². The Morgan fingerprint density at radius 2 is 1.91 bits per heavy atom. The summed E-state index contributed by atoms with van der Waals surface area (Å²) in [7, 11) is 0. The van der Waals surface area contributed by atoms with Gasteiger partial charge in [-0.05, 0) is 19.1 Å². The quantitative estimate of drug-likeness (QED) is 0.598. The van der Waals surface area contributed by atoms with Crippen LogP contribution in [0.2, 0.25) is 0 Å². The minimum atomic E-state index is -1.00. The second kappa shape index (κ2) is 7.94. The molecule has 0 N–H and O–H groups in total. The molecule has 0 unspecified atom stereocenters. The van der Waals surface area contributed by atoms with Crippen molar-refractivity contribution < 1.29 is 33.1 Å². The van der Waals surface area contributed by atoms with Crippen molar-refractivity contribution in [2.75, 3.05) is 32.8 Å². The van der Waals surface area contributed by atoms with Gasteiger partial charge >= 0.3 is 6.09 Å². The lowest BCUT2D eigenvalue weighted by Gasteiger charge is -2.43. The first kappa shape index (κ1) is 22.3. The monoisotopic (exact) mass is 483 g/mol. The van der Waals surface area contributed by atoms with Crippen LogP contribution in [0.1, 0.15) is 32.1 Å². The number of piperidine rings is 1. The molecule has 10 nitrogen and oxygen atoms in total. The van der Waals surface area contributed by atoms with Crippen LogP contribution in [0, 0.1) is 17.8 Å². The number of fused-ring (bicyclic) bond motifs is 2. The molecule has 6 heterocycles. The van der Waals surface area contributed by atoms with Crippen molar-refractivity contribution in [2.24, 2.45) is 17.8 Å². The highest BCUT2D eigenvalue weighted by Gasteiger charge is 2.74. The lowest BCUT2D eigenvalue weighted by Crippen LogP contribution is -2.55. The SMILES string of the molecule is CCOC(=O)N1CCN(C(=O)[C@H]2[C@H]3C(=O)N4[C@H](c5ccco5)CC(=O)[C@@H](C)[C@@H]4[C@@]34C=C[C@H]2O4)CC1. The molecule has 5 aliphatic rings. The molecule has 1 aromatic heterocycles. The number of rotatable bonds is 3. The van der Waals surface area contributed by atoms with E-state index in [1.807, 2.05) is 19.1 Å². The highest BCUT2D eigenvalue weighted by atomic mass is 16.6. The van der Waals surface area contributed by atoms with Gasteiger partial charge in [-0.15, -0.1) is 0 Å². The van der Waals surface area contributed by atoms with Gasteiger partial charge in [0.25, 0.3) is 0 Å². The Bertz CT molecular complexity index is 1090. The molecule has 6 rings (SSSR count). The summed E-state index contributed by atoms with van der Waals surface area (Å²) in [6, 6.07) is 2.53. The van der Waals surface area contributed by atoms with E-state index >= 15 is 0 Å². The van der Waals surface area contributed by atoms with Gasteiger partial charge in [0.2, 0.25) is 11.8 Å². The average molecular weight is 484 g/mol. The highest BCUT2D eigenvalue weighted by Crippen LogP contribution is 2.60.